The quantitative estimate of drug-likeness (QED) is 0.207. The van der Waals surface area contributed by atoms with Crippen molar-refractivity contribution in [3.8, 4) is 11.5 Å². The van der Waals surface area contributed by atoms with E-state index >= 15 is 0 Å². The van der Waals surface area contributed by atoms with Gasteiger partial charge in [0.05, 0.1) is 13.2 Å². The lowest BCUT2D eigenvalue weighted by molar-refractivity contribution is -0.167. The lowest BCUT2D eigenvalue weighted by atomic mass is 10.0. The van der Waals surface area contributed by atoms with Crippen LogP contribution in [0.1, 0.15) is 51.7 Å². The predicted molar refractivity (Wildman–Crippen MR) is 123 cm³/mol. The molecule has 0 heterocycles. The molecule has 0 fully saturated rings. The molecule has 172 valence electrons. The molecule has 0 bridgehead atoms. The highest BCUT2D eigenvalue weighted by atomic mass is 35.5. The molecule has 1 aromatic rings. The molecule has 0 aromatic heterocycles. The van der Waals surface area contributed by atoms with Crippen molar-refractivity contribution < 1.29 is 23.7 Å². The molecule has 1 rings (SSSR count). The number of aryl methyl sites for hydroxylation is 2. The molecule has 0 saturated heterocycles. The fraction of sp³-hybridized carbons (Fsp3) is 0.652. The molecular formula is C23H36Cl2O5. The van der Waals surface area contributed by atoms with E-state index in [1.165, 1.54) is 0 Å². The van der Waals surface area contributed by atoms with Gasteiger partial charge in [-0.1, -0.05) is 37.0 Å². The summed E-state index contributed by atoms with van der Waals surface area (Å²) in [5, 5.41) is 0. The van der Waals surface area contributed by atoms with Crippen LogP contribution >= 0.6 is 23.2 Å². The molecular weight excluding hydrogens is 427 g/mol. The smallest absolute Gasteiger partial charge is 0.180 e. The molecule has 0 unspecified atom stereocenters. The second-order valence-electron chi connectivity index (χ2n) is 6.55. The monoisotopic (exact) mass is 462 g/mol. The number of benzene rings is 1. The first-order valence-electron chi connectivity index (χ1n) is 10.8. The van der Waals surface area contributed by atoms with Crippen LogP contribution < -0.4 is 9.47 Å². The first-order chi connectivity index (χ1) is 14.5. The van der Waals surface area contributed by atoms with Crippen LogP contribution in [0.2, 0.25) is 0 Å². The number of ether oxygens (including phenoxy) is 5. The molecule has 0 amide bonds. The third kappa shape index (κ3) is 10.9. The van der Waals surface area contributed by atoms with Gasteiger partial charge in [-0.05, 0) is 68.9 Å². The van der Waals surface area contributed by atoms with E-state index in [9.17, 15) is 0 Å². The van der Waals surface area contributed by atoms with E-state index in [0.29, 0.717) is 39.6 Å². The summed E-state index contributed by atoms with van der Waals surface area (Å²) in [5.74, 6) is 1.76. The fourth-order valence-corrected chi connectivity index (χ4v) is 3.02. The molecule has 0 radical (unpaired) electrons. The second kappa shape index (κ2) is 16.7. The van der Waals surface area contributed by atoms with Crippen LogP contribution in [-0.2, 0) is 27.1 Å². The van der Waals surface area contributed by atoms with Gasteiger partial charge in [-0.25, -0.2) is 0 Å². The van der Waals surface area contributed by atoms with Gasteiger partial charge in [-0.3, -0.25) is 0 Å². The standard InChI is InChI=1S/C23H36Cl2O5/c1-5-18-15-20(29-14-11-21(24)25)16-19(6-2)23(18)30-13-10-9-12-26-17-22(27-7-3)28-8-4/h11,15-16,22H,5-10,12-14,17H2,1-4H3. The van der Waals surface area contributed by atoms with Crippen LogP contribution in [0.4, 0.5) is 0 Å². The Hall–Kier alpha value is -0.980. The lowest BCUT2D eigenvalue weighted by Gasteiger charge is -2.18. The molecule has 30 heavy (non-hydrogen) atoms. The average molecular weight is 463 g/mol. The number of rotatable bonds is 17. The fourth-order valence-electron chi connectivity index (χ4n) is 2.89. The Balaban J connectivity index is 2.47. The van der Waals surface area contributed by atoms with Gasteiger partial charge in [0.2, 0.25) is 0 Å². The molecule has 0 atom stereocenters. The molecule has 0 aliphatic rings. The van der Waals surface area contributed by atoms with Crippen molar-refractivity contribution in [3.05, 3.63) is 33.8 Å². The van der Waals surface area contributed by atoms with Crippen LogP contribution in [0, 0.1) is 0 Å². The maximum absolute atomic E-state index is 6.14. The second-order valence-corrected chi connectivity index (χ2v) is 7.56. The number of hydrogen-bond acceptors (Lipinski definition) is 5. The molecule has 0 spiro atoms. The summed E-state index contributed by atoms with van der Waals surface area (Å²) in [6, 6.07) is 4.05. The Morgan fingerprint density at radius 2 is 1.50 bits per heavy atom. The Bertz CT molecular complexity index is 587. The van der Waals surface area contributed by atoms with Crippen molar-refractivity contribution in [2.45, 2.75) is 59.7 Å². The highest BCUT2D eigenvalue weighted by Crippen LogP contribution is 2.31. The number of unbranched alkanes of at least 4 members (excludes halogenated alkanes) is 1. The van der Waals surface area contributed by atoms with Crippen LogP contribution in [0.5, 0.6) is 11.5 Å². The minimum absolute atomic E-state index is 0.205. The van der Waals surface area contributed by atoms with E-state index in [4.69, 9.17) is 46.9 Å². The zero-order valence-corrected chi connectivity index (χ0v) is 20.2. The summed E-state index contributed by atoms with van der Waals surface area (Å²) in [6.07, 6.45) is 4.90. The van der Waals surface area contributed by atoms with Crippen molar-refractivity contribution in [2.75, 3.05) is 39.6 Å². The Morgan fingerprint density at radius 1 is 0.900 bits per heavy atom. The van der Waals surface area contributed by atoms with Gasteiger partial charge < -0.3 is 23.7 Å². The van der Waals surface area contributed by atoms with Crippen molar-refractivity contribution in [1.82, 2.24) is 0 Å². The number of halogens is 2. The van der Waals surface area contributed by atoms with Gasteiger partial charge in [0.1, 0.15) is 22.6 Å². The van der Waals surface area contributed by atoms with E-state index in [-0.39, 0.29) is 10.8 Å². The van der Waals surface area contributed by atoms with E-state index in [1.807, 2.05) is 26.0 Å². The molecule has 5 nitrogen and oxygen atoms in total. The van der Waals surface area contributed by atoms with Crippen molar-refractivity contribution >= 4 is 23.2 Å². The molecule has 0 N–H and O–H groups in total. The maximum Gasteiger partial charge on any atom is 0.180 e. The van der Waals surface area contributed by atoms with Crippen LogP contribution in [0.3, 0.4) is 0 Å². The Kier molecular flexibility index (Phi) is 15.0. The van der Waals surface area contributed by atoms with Crippen LogP contribution in [0.15, 0.2) is 22.7 Å². The van der Waals surface area contributed by atoms with E-state index in [0.717, 1.165) is 48.3 Å². The zero-order chi connectivity index (χ0) is 22.2. The van der Waals surface area contributed by atoms with Gasteiger partial charge in [0.15, 0.2) is 6.29 Å². The highest BCUT2D eigenvalue weighted by Gasteiger charge is 2.12. The minimum Gasteiger partial charge on any atom is -0.493 e. The first-order valence-corrected chi connectivity index (χ1v) is 11.5. The van der Waals surface area contributed by atoms with Gasteiger partial charge in [0.25, 0.3) is 0 Å². The summed E-state index contributed by atoms with van der Waals surface area (Å²) >= 11 is 11.3. The molecule has 0 aliphatic carbocycles. The minimum atomic E-state index is -0.285. The van der Waals surface area contributed by atoms with Crippen LogP contribution in [-0.4, -0.2) is 45.9 Å². The van der Waals surface area contributed by atoms with Crippen molar-refractivity contribution in [2.24, 2.45) is 0 Å². The van der Waals surface area contributed by atoms with Gasteiger partial charge in [-0.2, -0.15) is 0 Å². The topological polar surface area (TPSA) is 46.2 Å². The predicted octanol–water partition coefficient (Wildman–Crippen LogP) is 6.08. The third-order valence-electron chi connectivity index (χ3n) is 4.35. The average Bonchev–Trinajstić information content (AvgIpc) is 2.73. The summed E-state index contributed by atoms with van der Waals surface area (Å²) in [4.78, 5) is 0. The van der Waals surface area contributed by atoms with Crippen molar-refractivity contribution in [3.63, 3.8) is 0 Å². The zero-order valence-electron chi connectivity index (χ0n) is 18.7. The third-order valence-corrected chi connectivity index (χ3v) is 4.66. The molecule has 1 aromatic carbocycles. The van der Waals surface area contributed by atoms with E-state index in [2.05, 4.69) is 13.8 Å². The summed E-state index contributed by atoms with van der Waals surface area (Å²) in [7, 11) is 0. The molecule has 0 saturated carbocycles. The van der Waals surface area contributed by atoms with E-state index < -0.39 is 0 Å². The lowest BCUT2D eigenvalue weighted by Crippen LogP contribution is -2.23. The van der Waals surface area contributed by atoms with Gasteiger partial charge in [0, 0.05) is 19.8 Å². The molecule has 0 aliphatic heterocycles. The van der Waals surface area contributed by atoms with Crippen LogP contribution in [0.25, 0.3) is 0 Å². The normalized spacial score (nSPS) is 11.0. The van der Waals surface area contributed by atoms with Crippen molar-refractivity contribution in [1.29, 1.82) is 0 Å². The summed E-state index contributed by atoms with van der Waals surface area (Å²) in [5.41, 5.74) is 2.27. The largest absolute Gasteiger partial charge is 0.493 e. The number of hydrogen-bond donors (Lipinski definition) is 0. The molecule has 7 heteroatoms. The van der Waals surface area contributed by atoms with Gasteiger partial charge >= 0.3 is 0 Å². The summed E-state index contributed by atoms with van der Waals surface area (Å²) < 4.78 is 28.7. The van der Waals surface area contributed by atoms with E-state index in [1.54, 1.807) is 6.08 Å². The van der Waals surface area contributed by atoms with Gasteiger partial charge in [-0.15, -0.1) is 0 Å². The first kappa shape index (κ1) is 27.1. The Morgan fingerprint density at radius 3 is 2.03 bits per heavy atom. The summed E-state index contributed by atoms with van der Waals surface area (Å²) in [6.45, 7) is 11.4. The highest BCUT2D eigenvalue weighted by molar-refractivity contribution is 6.55. The maximum atomic E-state index is 6.14. The SMILES string of the molecule is CCOC(COCCCCOc1c(CC)cc(OCC=C(Cl)Cl)cc1CC)OCC. The Labute approximate surface area is 191 Å².